The quantitative estimate of drug-likeness (QED) is 0.323. The van der Waals surface area contributed by atoms with Crippen LogP contribution in [0, 0.1) is 20.8 Å². The summed E-state index contributed by atoms with van der Waals surface area (Å²) in [5.74, 6) is 0.499. The smallest absolute Gasteiger partial charge is 0.329 e. The summed E-state index contributed by atoms with van der Waals surface area (Å²) in [4.78, 5) is 0. The van der Waals surface area contributed by atoms with Gasteiger partial charge in [0.1, 0.15) is 0 Å². The molecule has 6 nitrogen and oxygen atoms in total. The number of aromatic nitrogens is 4. The minimum atomic E-state index is -4.38. The molecule has 35 heavy (non-hydrogen) atoms. The van der Waals surface area contributed by atoms with Gasteiger partial charge in [-0.1, -0.05) is 42.5 Å². The zero-order chi connectivity index (χ0) is 25.2. The van der Waals surface area contributed by atoms with Crippen molar-refractivity contribution in [1.82, 2.24) is 19.6 Å². The first kappa shape index (κ1) is 24.5. The van der Waals surface area contributed by atoms with Crippen LogP contribution >= 0.6 is 12.2 Å². The zero-order valence-electron chi connectivity index (χ0n) is 19.5. The Balaban J connectivity index is 1.43. The molecule has 0 aliphatic heterocycles. The van der Waals surface area contributed by atoms with Gasteiger partial charge in [-0.2, -0.15) is 23.4 Å². The Hall–Kier alpha value is -3.66. The maximum atomic E-state index is 13.0. The van der Waals surface area contributed by atoms with Gasteiger partial charge in [-0.25, -0.2) is 0 Å². The minimum absolute atomic E-state index is 0.210. The Morgan fingerprint density at radius 1 is 0.857 bits per heavy atom. The molecule has 4 rings (SSSR count). The second-order valence-electron chi connectivity index (χ2n) is 8.29. The van der Waals surface area contributed by atoms with Crippen molar-refractivity contribution in [3.63, 3.8) is 0 Å². The highest BCUT2D eigenvalue weighted by Crippen LogP contribution is 2.30. The van der Waals surface area contributed by atoms with Gasteiger partial charge in [0.15, 0.2) is 10.9 Å². The first-order valence-corrected chi connectivity index (χ1v) is 11.4. The van der Waals surface area contributed by atoms with E-state index >= 15 is 0 Å². The number of benzene rings is 2. The van der Waals surface area contributed by atoms with Crippen LogP contribution in [-0.4, -0.2) is 24.7 Å². The van der Waals surface area contributed by atoms with Crippen molar-refractivity contribution < 1.29 is 13.2 Å². The summed E-state index contributed by atoms with van der Waals surface area (Å²) in [6.07, 6.45) is -4.38. The van der Waals surface area contributed by atoms with E-state index in [2.05, 4.69) is 20.8 Å². The van der Waals surface area contributed by atoms with Crippen LogP contribution in [0.2, 0.25) is 0 Å². The molecule has 0 aliphatic rings. The molecule has 2 N–H and O–H groups in total. The largest absolute Gasteiger partial charge is 0.416 e. The highest BCUT2D eigenvalue weighted by molar-refractivity contribution is 7.80. The van der Waals surface area contributed by atoms with Gasteiger partial charge in [0.05, 0.1) is 35.7 Å². The molecule has 0 fully saturated rings. The lowest BCUT2D eigenvalue weighted by molar-refractivity contribution is -0.137. The summed E-state index contributed by atoms with van der Waals surface area (Å²) in [6, 6.07) is 17.1. The summed E-state index contributed by atoms with van der Waals surface area (Å²) in [6.45, 7) is 6.58. The third-order valence-corrected chi connectivity index (χ3v) is 5.81. The van der Waals surface area contributed by atoms with Crippen LogP contribution in [0.5, 0.6) is 0 Å². The Morgan fingerprint density at radius 3 is 2.26 bits per heavy atom. The second kappa shape index (κ2) is 9.91. The van der Waals surface area contributed by atoms with Crippen LogP contribution in [0.4, 0.5) is 24.7 Å². The highest BCUT2D eigenvalue weighted by Gasteiger charge is 2.30. The van der Waals surface area contributed by atoms with Crippen LogP contribution in [0.15, 0.2) is 60.7 Å². The van der Waals surface area contributed by atoms with E-state index in [4.69, 9.17) is 12.2 Å². The molecule has 0 saturated heterocycles. The SMILES string of the molecule is Cc1nn(Cc2ccccc2)c(C)c1NC(=S)Nc1cc(C)n(Cc2cccc(C(F)(F)F)c2)n1. The topological polar surface area (TPSA) is 59.7 Å². The molecule has 2 aromatic carbocycles. The molecular formula is C25H25F3N6S. The normalized spacial score (nSPS) is 11.5. The monoisotopic (exact) mass is 498 g/mol. The molecule has 0 atom stereocenters. The number of anilines is 2. The highest BCUT2D eigenvalue weighted by atomic mass is 32.1. The molecule has 0 amide bonds. The third-order valence-electron chi connectivity index (χ3n) is 5.60. The van der Waals surface area contributed by atoms with E-state index in [1.165, 1.54) is 6.07 Å². The van der Waals surface area contributed by atoms with E-state index in [0.29, 0.717) is 23.0 Å². The number of hydrogen-bond donors (Lipinski definition) is 2. The first-order valence-electron chi connectivity index (χ1n) is 11.0. The number of nitrogens with one attached hydrogen (secondary N) is 2. The number of hydrogen-bond acceptors (Lipinski definition) is 3. The maximum Gasteiger partial charge on any atom is 0.416 e. The third kappa shape index (κ3) is 5.89. The van der Waals surface area contributed by atoms with Crippen LogP contribution in [-0.2, 0) is 19.3 Å². The number of halogens is 3. The van der Waals surface area contributed by atoms with E-state index in [-0.39, 0.29) is 6.54 Å². The zero-order valence-corrected chi connectivity index (χ0v) is 20.3. The molecule has 0 saturated carbocycles. The summed E-state index contributed by atoms with van der Waals surface area (Å²) in [5.41, 5.74) is 4.34. The standard InChI is InChI=1S/C25H25F3N6S/c1-16-12-22(32-33(16)15-20-10-7-11-21(13-20)25(26,27)28)29-24(35)30-23-17(2)31-34(18(23)3)14-19-8-5-4-6-9-19/h4-13H,14-15H2,1-3H3,(H2,29,30,32,35). The van der Waals surface area contributed by atoms with E-state index in [1.807, 2.05) is 55.8 Å². The van der Waals surface area contributed by atoms with Gasteiger partial charge < -0.3 is 10.6 Å². The van der Waals surface area contributed by atoms with Crippen molar-refractivity contribution in [3.8, 4) is 0 Å². The van der Waals surface area contributed by atoms with Crippen molar-refractivity contribution in [2.24, 2.45) is 0 Å². The summed E-state index contributed by atoms with van der Waals surface area (Å²) in [5, 5.41) is 15.7. The molecular weight excluding hydrogens is 473 g/mol. The van der Waals surface area contributed by atoms with Crippen molar-refractivity contribution in [2.45, 2.75) is 40.0 Å². The Bertz CT molecular complexity index is 1340. The Labute approximate surface area is 206 Å². The van der Waals surface area contributed by atoms with Gasteiger partial charge in [0, 0.05) is 11.8 Å². The summed E-state index contributed by atoms with van der Waals surface area (Å²) >= 11 is 5.48. The number of thiocarbonyl (C=S) groups is 1. The Morgan fingerprint density at radius 2 is 1.54 bits per heavy atom. The molecule has 4 aromatic rings. The molecule has 2 aromatic heterocycles. The van der Waals surface area contributed by atoms with E-state index in [9.17, 15) is 13.2 Å². The van der Waals surface area contributed by atoms with Gasteiger partial charge in [0.25, 0.3) is 0 Å². The molecule has 0 bridgehead atoms. The number of alkyl halides is 3. The predicted octanol–water partition coefficient (Wildman–Crippen LogP) is 5.93. The molecule has 0 spiro atoms. The number of nitrogens with zero attached hydrogens (tertiary/aromatic N) is 4. The lowest BCUT2D eigenvalue weighted by Crippen LogP contribution is -2.20. The average molecular weight is 499 g/mol. The van der Waals surface area contributed by atoms with Gasteiger partial charge >= 0.3 is 6.18 Å². The lowest BCUT2D eigenvalue weighted by atomic mass is 10.1. The van der Waals surface area contributed by atoms with Gasteiger partial charge in [0.2, 0.25) is 0 Å². The van der Waals surface area contributed by atoms with Crippen LogP contribution in [0.3, 0.4) is 0 Å². The van der Waals surface area contributed by atoms with Crippen LogP contribution < -0.4 is 10.6 Å². The fourth-order valence-electron chi connectivity index (χ4n) is 3.80. The average Bonchev–Trinajstić information content (AvgIpc) is 3.27. The molecule has 0 unspecified atom stereocenters. The van der Waals surface area contributed by atoms with Gasteiger partial charge in [-0.15, -0.1) is 0 Å². The molecule has 10 heteroatoms. The maximum absolute atomic E-state index is 13.0. The molecule has 0 radical (unpaired) electrons. The van der Waals surface area contributed by atoms with Crippen molar-refractivity contribution in [2.75, 3.05) is 10.6 Å². The van der Waals surface area contributed by atoms with Crippen molar-refractivity contribution in [1.29, 1.82) is 0 Å². The van der Waals surface area contributed by atoms with Gasteiger partial charge in [-0.3, -0.25) is 9.36 Å². The first-order chi connectivity index (χ1) is 16.6. The lowest BCUT2D eigenvalue weighted by Gasteiger charge is -2.10. The predicted molar refractivity (Wildman–Crippen MR) is 135 cm³/mol. The minimum Gasteiger partial charge on any atom is -0.329 e. The second-order valence-corrected chi connectivity index (χ2v) is 8.70. The van der Waals surface area contributed by atoms with E-state index in [1.54, 1.807) is 16.8 Å². The van der Waals surface area contributed by atoms with Crippen LogP contribution in [0.25, 0.3) is 0 Å². The fraction of sp³-hybridized carbons (Fsp3) is 0.240. The molecule has 182 valence electrons. The van der Waals surface area contributed by atoms with Crippen molar-refractivity contribution in [3.05, 3.63) is 94.4 Å². The summed E-state index contributed by atoms with van der Waals surface area (Å²) < 4.78 is 42.6. The van der Waals surface area contributed by atoms with Gasteiger partial charge in [-0.05, 0) is 56.2 Å². The molecule has 2 heterocycles. The Kier molecular flexibility index (Phi) is 6.93. The van der Waals surface area contributed by atoms with E-state index < -0.39 is 11.7 Å². The number of aryl methyl sites for hydroxylation is 2. The van der Waals surface area contributed by atoms with Crippen molar-refractivity contribution >= 4 is 28.8 Å². The van der Waals surface area contributed by atoms with Crippen LogP contribution in [0.1, 0.15) is 33.8 Å². The summed E-state index contributed by atoms with van der Waals surface area (Å²) in [7, 11) is 0. The molecule has 0 aliphatic carbocycles. The number of rotatable bonds is 6. The fourth-order valence-corrected chi connectivity index (χ4v) is 4.01. The van der Waals surface area contributed by atoms with E-state index in [0.717, 1.165) is 40.5 Å².